The Bertz CT molecular complexity index is 350. The third kappa shape index (κ3) is 3.23. The molecule has 0 saturated heterocycles. The molecule has 0 unspecified atom stereocenters. The fourth-order valence-corrected chi connectivity index (χ4v) is 1.08. The van der Waals surface area contributed by atoms with Crippen LogP contribution in [-0.4, -0.2) is 17.7 Å². The van der Waals surface area contributed by atoms with Gasteiger partial charge in [-0.2, -0.15) is 0 Å². The van der Waals surface area contributed by atoms with E-state index in [9.17, 15) is 9.18 Å². The van der Waals surface area contributed by atoms with Crippen molar-refractivity contribution in [2.45, 2.75) is 19.8 Å². The molecule has 0 aliphatic heterocycles. The second-order valence-electron chi connectivity index (χ2n) is 3.15. The van der Waals surface area contributed by atoms with Crippen molar-refractivity contribution in [1.29, 1.82) is 0 Å². The summed E-state index contributed by atoms with van der Waals surface area (Å²) in [5.41, 5.74) is -0.0738. The number of carboxylic acids is 1. The van der Waals surface area contributed by atoms with Gasteiger partial charge in [0, 0.05) is 0 Å². The number of carbonyl (C=O) groups is 1. The first kappa shape index (κ1) is 11.5. The zero-order chi connectivity index (χ0) is 11.3. The first-order chi connectivity index (χ1) is 7.15. The van der Waals surface area contributed by atoms with Gasteiger partial charge in [-0.1, -0.05) is 13.3 Å². The van der Waals surface area contributed by atoms with Gasteiger partial charge < -0.3 is 9.84 Å². The van der Waals surface area contributed by atoms with Crippen LogP contribution >= 0.6 is 0 Å². The Balaban J connectivity index is 2.70. The van der Waals surface area contributed by atoms with Gasteiger partial charge in [0.2, 0.25) is 0 Å². The van der Waals surface area contributed by atoms with Crippen LogP contribution in [0.25, 0.3) is 0 Å². The maximum Gasteiger partial charge on any atom is 0.335 e. The van der Waals surface area contributed by atoms with Gasteiger partial charge >= 0.3 is 5.97 Å². The summed E-state index contributed by atoms with van der Waals surface area (Å²) in [6, 6.07) is 3.63. The summed E-state index contributed by atoms with van der Waals surface area (Å²) in [7, 11) is 0. The molecule has 0 aromatic heterocycles. The van der Waals surface area contributed by atoms with Crippen LogP contribution < -0.4 is 4.74 Å². The third-order valence-electron chi connectivity index (χ3n) is 1.93. The number of rotatable bonds is 5. The van der Waals surface area contributed by atoms with Crippen molar-refractivity contribution in [2.75, 3.05) is 6.61 Å². The molecule has 0 saturated carbocycles. The summed E-state index contributed by atoms with van der Waals surface area (Å²) in [5, 5.41) is 8.61. The standard InChI is InChI=1S/C11H13FO3/c1-2-3-6-15-10-5-4-8(11(13)14)7-9(10)12/h4-5,7H,2-3,6H2,1H3,(H,13,14). The number of hydrogen-bond donors (Lipinski definition) is 1. The van der Waals surface area contributed by atoms with Gasteiger partial charge in [0.1, 0.15) is 0 Å². The van der Waals surface area contributed by atoms with Gasteiger partial charge in [-0.25, -0.2) is 9.18 Å². The number of halogens is 1. The molecular weight excluding hydrogens is 199 g/mol. The molecule has 0 spiro atoms. The summed E-state index contributed by atoms with van der Waals surface area (Å²) in [4.78, 5) is 10.5. The molecule has 0 aliphatic rings. The van der Waals surface area contributed by atoms with Gasteiger partial charge in [0.15, 0.2) is 11.6 Å². The van der Waals surface area contributed by atoms with Crippen molar-refractivity contribution >= 4 is 5.97 Å². The Morgan fingerprint density at radius 1 is 1.53 bits per heavy atom. The minimum atomic E-state index is -1.14. The molecule has 3 nitrogen and oxygen atoms in total. The molecule has 4 heteroatoms. The smallest absolute Gasteiger partial charge is 0.335 e. The van der Waals surface area contributed by atoms with Crippen LogP contribution in [0.5, 0.6) is 5.75 Å². The Morgan fingerprint density at radius 3 is 2.80 bits per heavy atom. The molecule has 0 heterocycles. The van der Waals surface area contributed by atoms with Crippen molar-refractivity contribution in [3.63, 3.8) is 0 Å². The molecular formula is C11H13FO3. The van der Waals surface area contributed by atoms with Crippen LogP contribution in [0.3, 0.4) is 0 Å². The van der Waals surface area contributed by atoms with Crippen molar-refractivity contribution in [3.8, 4) is 5.75 Å². The Hall–Kier alpha value is -1.58. The van der Waals surface area contributed by atoms with E-state index >= 15 is 0 Å². The molecule has 1 N–H and O–H groups in total. The van der Waals surface area contributed by atoms with E-state index in [1.807, 2.05) is 6.92 Å². The summed E-state index contributed by atoms with van der Waals surface area (Å²) in [6.07, 6.45) is 1.81. The van der Waals surface area contributed by atoms with E-state index < -0.39 is 11.8 Å². The average Bonchev–Trinajstić information content (AvgIpc) is 2.20. The normalized spacial score (nSPS) is 10.0. The lowest BCUT2D eigenvalue weighted by Gasteiger charge is -2.06. The molecule has 15 heavy (non-hydrogen) atoms. The van der Waals surface area contributed by atoms with Crippen molar-refractivity contribution in [3.05, 3.63) is 29.6 Å². The minimum absolute atomic E-state index is 0.0738. The number of ether oxygens (including phenoxy) is 1. The predicted molar refractivity (Wildman–Crippen MR) is 53.8 cm³/mol. The molecule has 0 aliphatic carbocycles. The van der Waals surface area contributed by atoms with Gasteiger partial charge in [-0.3, -0.25) is 0 Å². The Morgan fingerprint density at radius 2 is 2.27 bits per heavy atom. The second-order valence-corrected chi connectivity index (χ2v) is 3.15. The van der Waals surface area contributed by atoms with E-state index in [0.29, 0.717) is 6.61 Å². The highest BCUT2D eigenvalue weighted by molar-refractivity contribution is 5.87. The van der Waals surface area contributed by atoms with Crippen LogP contribution in [0.4, 0.5) is 4.39 Å². The van der Waals surface area contributed by atoms with E-state index in [4.69, 9.17) is 9.84 Å². The molecule has 1 aromatic rings. The summed E-state index contributed by atoms with van der Waals surface area (Å²) in [6.45, 7) is 2.45. The van der Waals surface area contributed by atoms with Crippen LogP contribution in [0.2, 0.25) is 0 Å². The predicted octanol–water partition coefficient (Wildman–Crippen LogP) is 2.70. The maximum absolute atomic E-state index is 13.2. The monoisotopic (exact) mass is 212 g/mol. The molecule has 0 atom stereocenters. The second kappa shape index (κ2) is 5.34. The van der Waals surface area contributed by atoms with E-state index in [-0.39, 0.29) is 11.3 Å². The van der Waals surface area contributed by atoms with Crippen LogP contribution in [-0.2, 0) is 0 Å². The molecule has 0 bridgehead atoms. The lowest BCUT2D eigenvalue weighted by Crippen LogP contribution is -2.01. The zero-order valence-corrected chi connectivity index (χ0v) is 8.50. The van der Waals surface area contributed by atoms with Gasteiger partial charge in [0.25, 0.3) is 0 Å². The quantitative estimate of drug-likeness (QED) is 0.763. The Labute approximate surface area is 87.5 Å². The molecule has 0 radical (unpaired) electrons. The number of unbranched alkanes of at least 4 members (excludes halogenated alkanes) is 1. The summed E-state index contributed by atoms with van der Waals surface area (Å²) < 4.78 is 18.4. The van der Waals surface area contributed by atoms with Gasteiger partial charge in [0.05, 0.1) is 12.2 Å². The van der Waals surface area contributed by atoms with Gasteiger partial charge in [-0.15, -0.1) is 0 Å². The zero-order valence-electron chi connectivity index (χ0n) is 8.50. The van der Waals surface area contributed by atoms with Crippen LogP contribution in [0, 0.1) is 5.82 Å². The van der Waals surface area contributed by atoms with E-state index in [0.717, 1.165) is 18.9 Å². The average molecular weight is 212 g/mol. The highest BCUT2D eigenvalue weighted by Gasteiger charge is 2.08. The highest BCUT2D eigenvalue weighted by atomic mass is 19.1. The van der Waals surface area contributed by atoms with Crippen molar-refractivity contribution in [2.24, 2.45) is 0 Å². The number of benzene rings is 1. The molecule has 0 fully saturated rings. The largest absolute Gasteiger partial charge is 0.491 e. The topological polar surface area (TPSA) is 46.5 Å². The van der Waals surface area contributed by atoms with E-state index in [1.165, 1.54) is 12.1 Å². The van der Waals surface area contributed by atoms with E-state index in [2.05, 4.69) is 0 Å². The number of aromatic carboxylic acids is 1. The van der Waals surface area contributed by atoms with Crippen molar-refractivity contribution < 1.29 is 19.0 Å². The lowest BCUT2D eigenvalue weighted by atomic mass is 10.2. The van der Waals surface area contributed by atoms with Crippen molar-refractivity contribution in [1.82, 2.24) is 0 Å². The summed E-state index contributed by atoms with van der Waals surface area (Å²) in [5.74, 6) is -1.67. The fourth-order valence-electron chi connectivity index (χ4n) is 1.08. The molecule has 82 valence electrons. The molecule has 0 amide bonds. The fraction of sp³-hybridized carbons (Fsp3) is 0.364. The number of hydrogen-bond acceptors (Lipinski definition) is 2. The molecule has 1 aromatic carbocycles. The minimum Gasteiger partial charge on any atom is -0.491 e. The first-order valence-electron chi connectivity index (χ1n) is 4.80. The van der Waals surface area contributed by atoms with Crippen LogP contribution in [0.15, 0.2) is 18.2 Å². The third-order valence-corrected chi connectivity index (χ3v) is 1.93. The lowest BCUT2D eigenvalue weighted by molar-refractivity contribution is 0.0696. The van der Waals surface area contributed by atoms with Crippen LogP contribution in [0.1, 0.15) is 30.1 Å². The first-order valence-corrected chi connectivity index (χ1v) is 4.80. The van der Waals surface area contributed by atoms with Gasteiger partial charge in [-0.05, 0) is 24.6 Å². The maximum atomic E-state index is 13.2. The highest BCUT2D eigenvalue weighted by Crippen LogP contribution is 2.18. The SMILES string of the molecule is CCCCOc1ccc(C(=O)O)cc1F. The summed E-state index contributed by atoms with van der Waals surface area (Å²) >= 11 is 0. The van der Waals surface area contributed by atoms with E-state index in [1.54, 1.807) is 0 Å². The Kier molecular flexibility index (Phi) is 4.09. The molecule has 1 rings (SSSR count). The number of carboxylic acid groups (broad SMARTS) is 1.